The molecule has 0 aromatic rings. The molecule has 0 fully saturated rings. The van der Waals surface area contributed by atoms with Crippen molar-refractivity contribution in [2.24, 2.45) is 0 Å². The Morgan fingerprint density at radius 1 is 1.42 bits per heavy atom. The lowest BCUT2D eigenvalue weighted by molar-refractivity contribution is 0.0722. The van der Waals surface area contributed by atoms with Gasteiger partial charge in [-0.25, -0.2) is 0 Å². The average Bonchev–Trinajstić information content (AvgIpc) is 1.96. The van der Waals surface area contributed by atoms with E-state index < -0.39 is 0 Å². The van der Waals surface area contributed by atoms with E-state index in [-0.39, 0.29) is 18.2 Å². The summed E-state index contributed by atoms with van der Waals surface area (Å²) in [7, 11) is 1.67. The molecule has 0 bridgehead atoms. The van der Waals surface area contributed by atoms with Crippen molar-refractivity contribution >= 4 is 0 Å². The average molecular weight is 175 g/mol. The number of aliphatic hydroxyl groups is 1. The van der Waals surface area contributed by atoms with E-state index in [1.54, 1.807) is 7.11 Å². The Kier molecular flexibility index (Phi) is 5.46. The maximum absolute atomic E-state index is 8.69. The summed E-state index contributed by atoms with van der Waals surface area (Å²) >= 11 is 0. The van der Waals surface area contributed by atoms with Gasteiger partial charge in [0.1, 0.15) is 0 Å². The van der Waals surface area contributed by atoms with E-state index >= 15 is 0 Å². The third kappa shape index (κ3) is 6.58. The number of hydrogen-bond donors (Lipinski definition) is 2. The highest BCUT2D eigenvalue weighted by Crippen LogP contribution is 2.01. The van der Waals surface area contributed by atoms with Crippen molar-refractivity contribution in [1.29, 1.82) is 0 Å². The quantitative estimate of drug-likeness (QED) is 0.648. The molecule has 0 amide bonds. The molecule has 0 radical (unpaired) electrons. The Morgan fingerprint density at radius 3 is 2.33 bits per heavy atom. The molecule has 0 saturated carbocycles. The molecule has 0 rings (SSSR count). The summed E-state index contributed by atoms with van der Waals surface area (Å²) in [5, 5.41) is 12.0. The number of rotatable bonds is 5. The molecule has 74 valence electrons. The molecule has 1 unspecified atom stereocenters. The number of nitrogens with one attached hydrogen (secondary N) is 1. The lowest BCUT2D eigenvalue weighted by Gasteiger charge is -2.24. The van der Waals surface area contributed by atoms with Crippen LogP contribution in [0, 0.1) is 0 Å². The van der Waals surface area contributed by atoms with Gasteiger partial charge in [0.2, 0.25) is 0 Å². The summed E-state index contributed by atoms with van der Waals surface area (Å²) in [6, 6.07) is 0. The van der Waals surface area contributed by atoms with Crippen LogP contribution in [-0.2, 0) is 4.74 Å². The molecule has 0 aromatic heterocycles. The molecule has 0 aliphatic rings. The molecular weight excluding hydrogens is 154 g/mol. The molecule has 2 N–H and O–H groups in total. The Labute approximate surface area is 75.1 Å². The van der Waals surface area contributed by atoms with Crippen LogP contribution in [0.3, 0.4) is 0 Å². The van der Waals surface area contributed by atoms with E-state index in [2.05, 4.69) is 26.1 Å². The van der Waals surface area contributed by atoms with Gasteiger partial charge in [0, 0.05) is 25.8 Å². The second kappa shape index (κ2) is 5.51. The molecule has 3 nitrogen and oxygen atoms in total. The van der Waals surface area contributed by atoms with E-state index in [9.17, 15) is 0 Å². The molecule has 0 heterocycles. The van der Waals surface area contributed by atoms with Crippen molar-refractivity contribution < 1.29 is 9.84 Å². The van der Waals surface area contributed by atoms with Gasteiger partial charge in [0.25, 0.3) is 0 Å². The van der Waals surface area contributed by atoms with Crippen LogP contribution in [-0.4, -0.2) is 37.0 Å². The predicted molar refractivity (Wildman–Crippen MR) is 50.3 cm³/mol. The number of methoxy groups -OCH3 is 1. The fraction of sp³-hybridized carbons (Fsp3) is 1.00. The molecule has 0 spiro atoms. The van der Waals surface area contributed by atoms with Gasteiger partial charge in [-0.15, -0.1) is 0 Å². The third-order valence-corrected chi connectivity index (χ3v) is 1.64. The molecule has 12 heavy (non-hydrogen) atoms. The lowest BCUT2D eigenvalue weighted by atomic mass is 10.1. The predicted octanol–water partition coefficient (Wildman–Crippen LogP) is 0.772. The van der Waals surface area contributed by atoms with Gasteiger partial charge in [-0.05, 0) is 27.2 Å². The minimum Gasteiger partial charge on any atom is -0.396 e. The fourth-order valence-corrected chi connectivity index (χ4v) is 0.867. The summed E-state index contributed by atoms with van der Waals surface area (Å²) in [6.07, 6.45) is 0.814. The van der Waals surface area contributed by atoms with Crippen molar-refractivity contribution in [2.75, 3.05) is 20.3 Å². The first-order chi connectivity index (χ1) is 5.49. The molecule has 0 saturated heterocycles. The van der Waals surface area contributed by atoms with Gasteiger partial charge in [-0.3, -0.25) is 0 Å². The van der Waals surface area contributed by atoms with Gasteiger partial charge in [0.15, 0.2) is 0 Å². The topological polar surface area (TPSA) is 41.5 Å². The van der Waals surface area contributed by atoms with Crippen LogP contribution in [0.25, 0.3) is 0 Å². The highest BCUT2D eigenvalue weighted by molar-refractivity contribution is 4.73. The van der Waals surface area contributed by atoms with Crippen LogP contribution in [0.4, 0.5) is 0 Å². The van der Waals surface area contributed by atoms with E-state index in [0.29, 0.717) is 6.42 Å². The third-order valence-electron chi connectivity index (χ3n) is 1.64. The second-order valence-electron chi connectivity index (χ2n) is 4.00. The van der Waals surface area contributed by atoms with Gasteiger partial charge >= 0.3 is 0 Å². The molecule has 0 aromatic carbocycles. The number of hydrogen-bond acceptors (Lipinski definition) is 3. The molecule has 0 aliphatic carbocycles. The first-order valence-corrected chi connectivity index (χ1v) is 4.38. The normalized spacial score (nSPS) is 14.8. The highest BCUT2D eigenvalue weighted by Gasteiger charge is 2.12. The zero-order valence-electron chi connectivity index (χ0n) is 8.55. The monoisotopic (exact) mass is 175 g/mol. The van der Waals surface area contributed by atoms with Crippen LogP contribution < -0.4 is 5.32 Å². The van der Waals surface area contributed by atoms with E-state index in [0.717, 1.165) is 6.54 Å². The Balaban J connectivity index is 3.58. The van der Waals surface area contributed by atoms with Crippen LogP contribution in [0.15, 0.2) is 0 Å². The van der Waals surface area contributed by atoms with Gasteiger partial charge in [-0.2, -0.15) is 0 Å². The molecular formula is C9H21NO2. The highest BCUT2D eigenvalue weighted by atomic mass is 16.5. The molecule has 0 aliphatic heterocycles. The standard InChI is InChI=1S/C9H21NO2/c1-9(2,3)10-7-8(12-4)5-6-11/h8,10-11H,5-7H2,1-4H3. The first kappa shape index (κ1) is 11.9. The van der Waals surface area contributed by atoms with Crippen molar-refractivity contribution in [3.05, 3.63) is 0 Å². The Morgan fingerprint density at radius 2 is 2.00 bits per heavy atom. The van der Waals surface area contributed by atoms with Crippen LogP contribution in [0.2, 0.25) is 0 Å². The smallest absolute Gasteiger partial charge is 0.0717 e. The van der Waals surface area contributed by atoms with E-state index in [1.165, 1.54) is 0 Å². The van der Waals surface area contributed by atoms with Gasteiger partial charge < -0.3 is 15.2 Å². The molecule has 3 heteroatoms. The van der Waals surface area contributed by atoms with Crippen molar-refractivity contribution in [3.8, 4) is 0 Å². The summed E-state index contributed by atoms with van der Waals surface area (Å²) in [6.45, 7) is 7.31. The van der Waals surface area contributed by atoms with Crippen molar-refractivity contribution in [3.63, 3.8) is 0 Å². The van der Waals surface area contributed by atoms with Gasteiger partial charge in [0.05, 0.1) is 6.10 Å². The summed E-state index contributed by atoms with van der Waals surface area (Å²) in [5.74, 6) is 0. The minimum atomic E-state index is 0.117. The van der Waals surface area contributed by atoms with E-state index in [4.69, 9.17) is 9.84 Å². The maximum atomic E-state index is 8.69. The van der Waals surface area contributed by atoms with E-state index in [1.807, 2.05) is 0 Å². The minimum absolute atomic E-state index is 0.117. The SMILES string of the molecule is COC(CCO)CNC(C)(C)C. The fourth-order valence-electron chi connectivity index (χ4n) is 0.867. The number of aliphatic hydroxyl groups excluding tert-OH is 1. The Hall–Kier alpha value is -0.120. The summed E-state index contributed by atoms with van der Waals surface area (Å²) in [4.78, 5) is 0. The summed E-state index contributed by atoms with van der Waals surface area (Å²) < 4.78 is 5.16. The molecule has 1 atom stereocenters. The zero-order chi connectivity index (χ0) is 9.61. The van der Waals surface area contributed by atoms with Gasteiger partial charge in [-0.1, -0.05) is 0 Å². The zero-order valence-corrected chi connectivity index (χ0v) is 8.55. The maximum Gasteiger partial charge on any atom is 0.0717 e. The van der Waals surface area contributed by atoms with Crippen LogP contribution in [0.1, 0.15) is 27.2 Å². The first-order valence-electron chi connectivity index (χ1n) is 4.38. The van der Waals surface area contributed by atoms with Crippen LogP contribution >= 0.6 is 0 Å². The number of ether oxygens (including phenoxy) is 1. The van der Waals surface area contributed by atoms with Crippen molar-refractivity contribution in [2.45, 2.75) is 38.8 Å². The largest absolute Gasteiger partial charge is 0.396 e. The second-order valence-corrected chi connectivity index (χ2v) is 4.00. The lowest BCUT2D eigenvalue weighted by Crippen LogP contribution is -2.41. The van der Waals surface area contributed by atoms with Crippen molar-refractivity contribution in [1.82, 2.24) is 5.32 Å². The summed E-state index contributed by atoms with van der Waals surface area (Å²) in [5.41, 5.74) is 0.117. The Bertz CT molecular complexity index is 110. The van der Waals surface area contributed by atoms with Crippen LogP contribution in [0.5, 0.6) is 0 Å².